The smallest absolute Gasteiger partial charge is 0.113 e. The van der Waals surface area contributed by atoms with Crippen LogP contribution in [0, 0.1) is 55.4 Å². The molecule has 1 heterocycles. The topological polar surface area (TPSA) is 6.48 Å². The quantitative estimate of drug-likeness (QED) is 0.141. The Kier molecular flexibility index (Phi) is 10.5. The summed E-state index contributed by atoms with van der Waals surface area (Å²) in [6.07, 6.45) is 0. The third-order valence-corrected chi connectivity index (χ3v) is 18.5. The van der Waals surface area contributed by atoms with Crippen LogP contribution in [0.4, 0.5) is 34.1 Å². The molecule has 1 aliphatic heterocycles. The second-order valence-corrected chi connectivity index (χ2v) is 23.1. The lowest BCUT2D eigenvalue weighted by atomic mass is 9.83. The highest BCUT2D eigenvalue weighted by Crippen LogP contribution is 2.48. The molecule has 0 atom stereocenters. The first-order valence-electron chi connectivity index (χ1n) is 23.1. The lowest BCUT2D eigenvalue weighted by Crippen LogP contribution is -2.55. The molecule has 0 bridgehead atoms. The van der Waals surface area contributed by atoms with Gasteiger partial charge in [0.25, 0.3) is 0 Å². The van der Waals surface area contributed by atoms with Gasteiger partial charge < -0.3 is 9.80 Å². The second kappa shape index (κ2) is 16.2. The van der Waals surface area contributed by atoms with Crippen molar-refractivity contribution >= 4 is 63.3 Å². The molecule has 0 fully saturated rings. The van der Waals surface area contributed by atoms with Gasteiger partial charge in [-0.15, -0.1) is 0 Å². The van der Waals surface area contributed by atoms with E-state index in [-0.39, 0.29) is 0 Å². The molecule has 9 aromatic carbocycles. The van der Waals surface area contributed by atoms with Crippen LogP contribution >= 0.6 is 0 Å². The van der Waals surface area contributed by atoms with E-state index in [1.165, 1.54) is 122 Å². The first-order chi connectivity index (χ1) is 31.4. The fraction of sp³-hybridized carbons (Fsp3) is 0.161. The van der Waals surface area contributed by atoms with E-state index in [9.17, 15) is 0 Å². The molecule has 0 aromatic heterocycles. The van der Waals surface area contributed by atoms with Gasteiger partial charge in [0.2, 0.25) is 0 Å². The lowest BCUT2D eigenvalue weighted by Gasteiger charge is -2.35. The molecule has 0 N–H and O–H groups in total. The minimum atomic E-state index is -2.19. The van der Waals surface area contributed by atoms with Crippen molar-refractivity contribution in [2.45, 2.75) is 68.5 Å². The van der Waals surface area contributed by atoms with Gasteiger partial charge >= 0.3 is 0 Å². The standard InChI is InChI=1S/C62H58N2Si/c1-39-43(5)61(63(48-24-15-11-16-25-48)49-26-17-12-18-27-49)44(6)40(2)58(39)47-34-35-52-54-36-37-55(53-32-23-33-56(60(53)54)65(9,10)57(52)38-47)59-41(3)45(7)62(46(8)42(59)4)64(50-28-19-13-20-29-50)51-30-21-14-22-31-51/h11-38H,1-10H3. The molecule has 0 saturated carbocycles. The van der Waals surface area contributed by atoms with Crippen molar-refractivity contribution < 1.29 is 0 Å². The molecular formula is C62H58N2Si. The van der Waals surface area contributed by atoms with E-state index >= 15 is 0 Å². The first-order valence-corrected chi connectivity index (χ1v) is 26.1. The highest BCUT2D eigenvalue weighted by Gasteiger charge is 2.37. The van der Waals surface area contributed by atoms with Crippen LogP contribution in [0.2, 0.25) is 13.1 Å². The van der Waals surface area contributed by atoms with Crippen molar-refractivity contribution in [3.63, 3.8) is 0 Å². The zero-order chi connectivity index (χ0) is 45.3. The number of benzene rings is 9. The van der Waals surface area contributed by atoms with Crippen LogP contribution in [0.15, 0.2) is 170 Å². The van der Waals surface area contributed by atoms with E-state index in [4.69, 9.17) is 0 Å². The molecule has 1 aliphatic rings. The Morgan fingerprint density at radius 1 is 0.323 bits per heavy atom. The number of rotatable bonds is 8. The highest BCUT2D eigenvalue weighted by molar-refractivity contribution is 7.03. The molecule has 65 heavy (non-hydrogen) atoms. The summed E-state index contributed by atoms with van der Waals surface area (Å²) < 4.78 is 0. The molecule has 0 aliphatic carbocycles. The highest BCUT2D eigenvalue weighted by atomic mass is 28.3. The van der Waals surface area contributed by atoms with Gasteiger partial charge in [0.1, 0.15) is 8.07 Å². The molecule has 2 nitrogen and oxygen atoms in total. The van der Waals surface area contributed by atoms with Crippen molar-refractivity contribution in [3.05, 3.63) is 214 Å². The summed E-state index contributed by atoms with van der Waals surface area (Å²) in [5.41, 5.74) is 25.8. The third-order valence-electron chi connectivity index (χ3n) is 14.9. The number of para-hydroxylation sites is 4. The van der Waals surface area contributed by atoms with E-state index in [0.29, 0.717) is 0 Å². The van der Waals surface area contributed by atoms with Crippen LogP contribution in [0.1, 0.15) is 44.5 Å². The molecule has 320 valence electrons. The molecule has 0 radical (unpaired) electrons. The maximum Gasteiger partial charge on any atom is 0.113 e. The summed E-state index contributed by atoms with van der Waals surface area (Å²) in [6, 6.07) is 62.6. The molecule has 0 saturated heterocycles. The van der Waals surface area contributed by atoms with Crippen molar-refractivity contribution in [1.29, 1.82) is 0 Å². The van der Waals surface area contributed by atoms with E-state index in [0.717, 1.165) is 11.4 Å². The monoisotopic (exact) mass is 858 g/mol. The summed E-state index contributed by atoms with van der Waals surface area (Å²) in [4.78, 5) is 4.88. The molecule has 9 aromatic rings. The Balaban J connectivity index is 1.11. The van der Waals surface area contributed by atoms with E-state index < -0.39 is 8.07 Å². The summed E-state index contributed by atoms with van der Waals surface area (Å²) in [5.74, 6) is 0. The largest absolute Gasteiger partial charge is 0.310 e. The van der Waals surface area contributed by atoms with Crippen molar-refractivity contribution in [2.75, 3.05) is 9.80 Å². The molecule has 0 spiro atoms. The fourth-order valence-electron chi connectivity index (χ4n) is 11.2. The predicted molar refractivity (Wildman–Crippen MR) is 284 cm³/mol. The van der Waals surface area contributed by atoms with E-state index in [2.05, 4.69) is 248 Å². The second-order valence-electron chi connectivity index (χ2n) is 18.7. The zero-order valence-corrected chi connectivity index (χ0v) is 40.6. The SMILES string of the molecule is Cc1c(C)c(N(c2ccccc2)c2ccccc2)c(C)c(C)c1-c1ccc2c(c1)[Si](C)(C)c1cccc3c(-c4c(C)c(C)c(N(c5ccccc5)c5ccccc5)c(C)c4C)ccc-2c13. The summed E-state index contributed by atoms with van der Waals surface area (Å²) in [5, 5.41) is 5.82. The van der Waals surface area contributed by atoms with Crippen LogP contribution in [0.3, 0.4) is 0 Å². The van der Waals surface area contributed by atoms with Crippen LogP contribution in [0.25, 0.3) is 44.2 Å². The number of fused-ring (bicyclic) bond motifs is 2. The summed E-state index contributed by atoms with van der Waals surface area (Å²) >= 11 is 0. The number of hydrogen-bond donors (Lipinski definition) is 0. The molecular weight excluding hydrogens is 801 g/mol. The lowest BCUT2D eigenvalue weighted by molar-refractivity contribution is 1.17. The van der Waals surface area contributed by atoms with Gasteiger partial charge in [0.05, 0.1) is 11.4 Å². The van der Waals surface area contributed by atoms with Crippen LogP contribution in [0.5, 0.6) is 0 Å². The maximum absolute atomic E-state index is 2.57. The average Bonchev–Trinajstić information content (AvgIpc) is 3.33. The van der Waals surface area contributed by atoms with Gasteiger partial charge in [-0.05, 0) is 203 Å². The first kappa shape index (κ1) is 42.0. The Hall–Kier alpha value is -6.94. The van der Waals surface area contributed by atoms with Gasteiger partial charge in [-0.1, -0.05) is 134 Å². The molecule has 3 heteroatoms. The van der Waals surface area contributed by atoms with Crippen LogP contribution in [-0.4, -0.2) is 8.07 Å². The normalized spacial score (nSPS) is 12.6. The molecule has 0 unspecified atom stereocenters. The average molecular weight is 859 g/mol. The Morgan fingerprint density at radius 3 is 1.14 bits per heavy atom. The maximum atomic E-state index is 2.57. The number of hydrogen-bond acceptors (Lipinski definition) is 2. The van der Waals surface area contributed by atoms with Crippen molar-refractivity contribution in [3.8, 4) is 33.4 Å². The summed E-state index contributed by atoms with van der Waals surface area (Å²) in [6.45, 7) is 23.7. The minimum Gasteiger partial charge on any atom is -0.310 e. The zero-order valence-electron chi connectivity index (χ0n) is 39.6. The van der Waals surface area contributed by atoms with Gasteiger partial charge in [-0.25, -0.2) is 0 Å². The minimum absolute atomic E-state index is 1.16. The van der Waals surface area contributed by atoms with Gasteiger partial charge in [-0.2, -0.15) is 0 Å². The third kappa shape index (κ3) is 6.67. The van der Waals surface area contributed by atoms with Gasteiger partial charge in [0.15, 0.2) is 0 Å². The Morgan fingerprint density at radius 2 is 0.708 bits per heavy atom. The number of anilines is 6. The van der Waals surface area contributed by atoms with Crippen LogP contribution < -0.4 is 20.2 Å². The molecule has 0 amide bonds. The number of nitrogens with zero attached hydrogens (tertiary/aromatic N) is 2. The van der Waals surface area contributed by atoms with Gasteiger partial charge in [0, 0.05) is 22.7 Å². The van der Waals surface area contributed by atoms with Crippen molar-refractivity contribution in [1.82, 2.24) is 0 Å². The fourth-order valence-corrected chi connectivity index (χ4v) is 14.3. The van der Waals surface area contributed by atoms with E-state index in [1.54, 1.807) is 0 Å². The van der Waals surface area contributed by atoms with Crippen LogP contribution in [-0.2, 0) is 0 Å². The Bertz CT molecular complexity index is 3160. The summed E-state index contributed by atoms with van der Waals surface area (Å²) in [7, 11) is -2.19. The van der Waals surface area contributed by atoms with Crippen molar-refractivity contribution in [2.24, 2.45) is 0 Å². The molecule has 10 rings (SSSR count). The van der Waals surface area contributed by atoms with Gasteiger partial charge in [-0.3, -0.25) is 0 Å². The van der Waals surface area contributed by atoms with E-state index in [1.807, 2.05) is 0 Å². The Labute approximate surface area is 387 Å². The predicted octanol–water partition coefficient (Wildman–Crippen LogP) is 16.4.